The van der Waals surface area contributed by atoms with Gasteiger partial charge < -0.3 is 14.8 Å². The van der Waals surface area contributed by atoms with E-state index in [1.165, 1.54) is 4.90 Å². The van der Waals surface area contributed by atoms with Gasteiger partial charge in [0, 0.05) is 67.6 Å². The predicted molar refractivity (Wildman–Crippen MR) is 139 cm³/mol. The average molecular weight is 563 g/mol. The Morgan fingerprint density at radius 3 is 2.46 bits per heavy atom. The predicted octanol–water partition coefficient (Wildman–Crippen LogP) is 3.26. The van der Waals surface area contributed by atoms with Crippen LogP contribution >= 0.6 is 11.6 Å². The van der Waals surface area contributed by atoms with Crippen LogP contribution in [0.3, 0.4) is 0 Å². The minimum atomic E-state index is -1.15. The zero-order valence-corrected chi connectivity index (χ0v) is 22.2. The molecule has 12 heteroatoms. The molecule has 0 bridgehead atoms. The minimum Gasteiger partial charge on any atom is -0.410 e. The number of nitrogens with zero attached hydrogens (tertiary/aromatic N) is 2. The molecule has 3 saturated heterocycles. The van der Waals surface area contributed by atoms with Crippen LogP contribution in [0, 0.1) is 18.6 Å². The smallest absolute Gasteiger partial charge is 0.410 e. The Morgan fingerprint density at radius 1 is 1.15 bits per heavy atom. The summed E-state index contributed by atoms with van der Waals surface area (Å²) in [5.74, 6) is -4.80. The van der Waals surface area contributed by atoms with Crippen LogP contribution in [0.25, 0.3) is 0 Å². The number of halogens is 3. The van der Waals surface area contributed by atoms with E-state index in [1.54, 1.807) is 6.07 Å². The van der Waals surface area contributed by atoms with Crippen LogP contribution in [0.1, 0.15) is 35.4 Å². The summed E-state index contributed by atoms with van der Waals surface area (Å²) in [6.07, 6.45) is -0.851. The molecule has 2 aromatic carbocycles. The van der Waals surface area contributed by atoms with Crippen molar-refractivity contribution in [3.8, 4) is 5.75 Å². The van der Waals surface area contributed by atoms with Crippen molar-refractivity contribution in [2.45, 2.75) is 38.3 Å². The lowest BCUT2D eigenvalue weighted by Gasteiger charge is -2.38. The van der Waals surface area contributed by atoms with Gasteiger partial charge in [-0.3, -0.25) is 24.7 Å². The van der Waals surface area contributed by atoms with Crippen molar-refractivity contribution >= 4 is 35.2 Å². The number of hydrogen-bond acceptors (Lipinski definition) is 7. The van der Waals surface area contributed by atoms with Crippen LogP contribution in [-0.2, 0) is 20.9 Å². The zero-order valence-electron chi connectivity index (χ0n) is 21.4. The number of piperidine rings is 1. The highest BCUT2D eigenvalue weighted by Crippen LogP contribution is 2.34. The summed E-state index contributed by atoms with van der Waals surface area (Å²) >= 11 is 6.57. The molecule has 3 amide bonds. The van der Waals surface area contributed by atoms with Gasteiger partial charge in [-0.2, -0.15) is 0 Å². The zero-order chi connectivity index (χ0) is 27.7. The van der Waals surface area contributed by atoms with E-state index in [9.17, 15) is 23.2 Å². The first kappa shape index (κ1) is 27.4. The second kappa shape index (κ2) is 11.5. The number of imide groups is 1. The Bertz CT molecular complexity index is 1280. The molecule has 0 saturated carbocycles. The highest BCUT2D eigenvalue weighted by Gasteiger charge is 2.35. The number of ether oxygens (including phenoxy) is 2. The molecule has 3 aliphatic rings. The highest BCUT2D eigenvalue weighted by molar-refractivity contribution is 6.31. The van der Waals surface area contributed by atoms with Crippen LogP contribution in [0.2, 0.25) is 5.02 Å². The van der Waals surface area contributed by atoms with E-state index in [2.05, 4.69) is 15.5 Å². The van der Waals surface area contributed by atoms with Gasteiger partial charge in [0.05, 0.1) is 25.2 Å². The van der Waals surface area contributed by atoms with E-state index in [1.807, 2.05) is 13.0 Å². The number of anilines is 1. The number of carbonyl (C=O) groups is 3. The molecule has 0 aromatic heterocycles. The maximum atomic E-state index is 15.0. The summed E-state index contributed by atoms with van der Waals surface area (Å²) in [5.41, 5.74) is 1.92. The van der Waals surface area contributed by atoms with Gasteiger partial charge in [0.2, 0.25) is 11.8 Å². The highest BCUT2D eigenvalue weighted by atomic mass is 35.5. The summed E-state index contributed by atoms with van der Waals surface area (Å²) in [6.45, 7) is 6.43. The molecule has 1 unspecified atom stereocenters. The summed E-state index contributed by atoms with van der Waals surface area (Å²) in [5, 5.41) is 5.71. The van der Waals surface area contributed by atoms with Crippen LogP contribution in [0.15, 0.2) is 24.3 Å². The Morgan fingerprint density at radius 2 is 1.85 bits per heavy atom. The number of benzene rings is 2. The molecular weight excluding hydrogens is 534 g/mol. The molecule has 3 aliphatic heterocycles. The molecule has 1 atom stereocenters. The third-order valence-corrected chi connectivity index (χ3v) is 7.77. The van der Waals surface area contributed by atoms with Gasteiger partial charge in [-0.25, -0.2) is 13.6 Å². The van der Waals surface area contributed by atoms with Crippen LogP contribution < -0.4 is 20.3 Å². The second-order valence-electron chi connectivity index (χ2n) is 9.95. The van der Waals surface area contributed by atoms with Gasteiger partial charge >= 0.3 is 6.09 Å². The monoisotopic (exact) mass is 562 g/mol. The molecule has 0 aliphatic carbocycles. The molecule has 9 nitrogen and oxygen atoms in total. The normalized spacial score (nSPS) is 20.4. The second-order valence-corrected chi connectivity index (χ2v) is 10.4. The van der Waals surface area contributed by atoms with Crippen molar-refractivity contribution in [3.63, 3.8) is 0 Å². The Balaban J connectivity index is 1.39. The number of rotatable bonds is 6. The fourth-order valence-corrected chi connectivity index (χ4v) is 5.25. The Hall–Kier alpha value is -3.12. The van der Waals surface area contributed by atoms with Gasteiger partial charge in [0.1, 0.15) is 17.4 Å². The first-order chi connectivity index (χ1) is 18.7. The van der Waals surface area contributed by atoms with E-state index in [-0.39, 0.29) is 24.6 Å². The molecule has 0 radical (unpaired) electrons. The van der Waals surface area contributed by atoms with E-state index >= 15 is 0 Å². The first-order valence-electron chi connectivity index (χ1n) is 12.8. The van der Waals surface area contributed by atoms with Gasteiger partial charge in [-0.05, 0) is 36.6 Å². The number of hydrogen-bond donors (Lipinski definition) is 2. The van der Waals surface area contributed by atoms with E-state index in [0.717, 1.165) is 36.3 Å². The van der Waals surface area contributed by atoms with Crippen molar-refractivity contribution in [1.29, 1.82) is 0 Å². The minimum absolute atomic E-state index is 0.0128. The molecule has 2 N–H and O–H groups in total. The summed E-state index contributed by atoms with van der Waals surface area (Å²) < 4.78 is 40.9. The molecule has 2 aromatic rings. The lowest BCUT2D eigenvalue weighted by Crippen LogP contribution is -2.59. The van der Waals surface area contributed by atoms with E-state index in [4.69, 9.17) is 21.1 Å². The molecule has 3 fully saturated rings. The molecule has 5 rings (SSSR count). The van der Waals surface area contributed by atoms with Gasteiger partial charge in [-0.15, -0.1) is 0 Å². The number of carbonyl (C=O) groups excluding carboxylic acids is 3. The van der Waals surface area contributed by atoms with Crippen LogP contribution in [0.4, 0.5) is 19.3 Å². The van der Waals surface area contributed by atoms with Gasteiger partial charge in [0.15, 0.2) is 0 Å². The molecule has 39 heavy (non-hydrogen) atoms. The lowest BCUT2D eigenvalue weighted by atomic mass is 9.89. The van der Waals surface area contributed by atoms with Crippen LogP contribution in [-0.4, -0.2) is 68.2 Å². The summed E-state index contributed by atoms with van der Waals surface area (Å²) in [4.78, 5) is 40.7. The number of morpholine rings is 1. The van der Waals surface area contributed by atoms with E-state index in [0.29, 0.717) is 43.6 Å². The standard InChI is InChI=1S/C27H29ClF2N4O5/c1-15-16(14-33-4-6-38-7-5-33)8-17(9-21(15)28)34(18-12-31-13-18)27(37)39-19-10-22(29)25(23(30)11-19)20-2-3-24(35)32-26(20)36/h8-11,18,20,31H,2-7,12-14H2,1H3,(H,32,35,36). The number of amides is 3. The van der Waals surface area contributed by atoms with Crippen molar-refractivity contribution < 1.29 is 32.6 Å². The maximum absolute atomic E-state index is 15.0. The van der Waals surface area contributed by atoms with Gasteiger partial charge in [-0.1, -0.05) is 11.6 Å². The van der Waals surface area contributed by atoms with Crippen molar-refractivity contribution in [1.82, 2.24) is 15.5 Å². The first-order valence-corrected chi connectivity index (χ1v) is 13.2. The fourth-order valence-electron chi connectivity index (χ4n) is 5.02. The van der Waals surface area contributed by atoms with Crippen molar-refractivity contribution in [2.24, 2.45) is 0 Å². The quantitative estimate of drug-likeness (QED) is 0.521. The molecule has 208 valence electrons. The lowest BCUT2D eigenvalue weighted by molar-refractivity contribution is -0.134. The van der Waals surface area contributed by atoms with Gasteiger partial charge in [0.25, 0.3) is 0 Å². The average Bonchev–Trinajstić information content (AvgIpc) is 2.85. The Kier molecular flexibility index (Phi) is 8.13. The Labute approximate surface area is 229 Å². The topological polar surface area (TPSA) is 100 Å². The third kappa shape index (κ3) is 5.91. The SMILES string of the molecule is Cc1c(Cl)cc(N(C(=O)Oc2cc(F)c(C3CCC(=O)NC3=O)c(F)c2)C2CNC2)cc1CN1CCOCC1. The maximum Gasteiger partial charge on any atom is 0.420 e. The van der Waals surface area contributed by atoms with Crippen LogP contribution in [0.5, 0.6) is 5.75 Å². The fraction of sp³-hybridized carbons (Fsp3) is 0.444. The third-order valence-electron chi connectivity index (χ3n) is 7.38. The van der Waals surface area contributed by atoms with Crippen molar-refractivity contribution in [3.05, 3.63) is 57.6 Å². The van der Waals surface area contributed by atoms with Crippen molar-refractivity contribution in [2.75, 3.05) is 44.3 Å². The largest absolute Gasteiger partial charge is 0.420 e. The molecule has 3 heterocycles. The molecule has 0 spiro atoms. The molecular formula is C27H29ClF2N4O5. The number of nitrogens with one attached hydrogen (secondary N) is 2. The summed E-state index contributed by atoms with van der Waals surface area (Å²) in [7, 11) is 0. The van der Waals surface area contributed by atoms with E-state index < -0.39 is 41.0 Å². The summed E-state index contributed by atoms with van der Waals surface area (Å²) in [6, 6.07) is 5.09.